The van der Waals surface area contributed by atoms with Crippen LogP contribution in [0.5, 0.6) is 0 Å². The van der Waals surface area contributed by atoms with Crippen molar-refractivity contribution < 1.29 is 13.2 Å². The van der Waals surface area contributed by atoms with Gasteiger partial charge in [0.1, 0.15) is 4.90 Å². The molecule has 0 aliphatic heterocycles. The molecular formula is C18H22N6O4S. The maximum Gasteiger partial charge on any atom is 0.287 e. The molecule has 0 radical (unpaired) electrons. The number of nitrogens with zero attached hydrogens (tertiary/aromatic N) is 4. The maximum absolute atomic E-state index is 12.7. The third-order valence-corrected chi connectivity index (χ3v) is 5.44. The van der Waals surface area contributed by atoms with Crippen LogP contribution >= 0.6 is 0 Å². The number of amides is 1. The highest BCUT2D eigenvalue weighted by atomic mass is 32.2. The number of rotatable bonds is 7. The number of hydrazine groups is 1. The molecule has 11 heteroatoms. The molecular weight excluding hydrogens is 396 g/mol. The first-order valence-corrected chi connectivity index (χ1v) is 10.6. The fourth-order valence-electron chi connectivity index (χ4n) is 2.74. The predicted octanol–water partition coefficient (Wildman–Crippen LogP) is 1.21. The number of carbonyl (C=O) groups excluding carboxylic acids is 1. The van der Waals surface area contributed by atoms with E-state index in [1.54, 1.807) is 24.3 Å². The summed E-state index contributed by atoms with van der Waals surface area (Å²) in [7, 11) is -4.02. The lowest BCUT2D eigenvalue weighted by molar-refractivity contribution is 0.0939. The highest BCUT2D eigenvalue weighted by Crippen LogP contribution is 2.14. The molecule has 1 aromatic carbocycles. The number of nitrogens with one attached hydrogen (secondary N) is 2. The fourth-order valence-corrected chi connectivity index (χ4v) is 3.52. The smallest absolute Gasteiger partial charge is 0.272 e. The minimum atomic E-state index is -4.02. The van der Waals surface area contributed by atoms with E-state index >= 15 is 0 Å². The van der Waals surface area contributed by atoms with Crippen molar-refractivity contribution in [2.45, 2.75) is 44.7 Å². The number of hydrogen-bond donors (Lipinski definition) is 2. The maximum atomic E-state index is 12.7. The summed E-state index contributed by atoms with van der Waals surface area (Å²) in [5, 5.41) is 8.79. The molecule has 2 heterocycles. The topological polar surface area (TPSA) is 128 Å². The Hall–Kier alpha value is -3.05. The Bertz CT molecular complexity index is 1210. The van der Waals surface area contributed by atoms with Crippen molar-refractivity contribution in [3.8, 4) is 0 Å². The molecule has 0 saturated carbocycles. The highest BCUT2D eigenvalue weighted by Gasteiger charge is 2.21. The fraction of sp³-hybridized carbons (Fsp3) is 0.333. The number of aromatic nitrogens is 4. The van der Waals surface area contributed by atoms with Gasteiger partial charge < -0.3 is 0 Å². The monoisotopic (exact) mass is 418 g/mol. The molecule has 0 saturated heterocycles. The SMILES string of the molecule is CCCn1nc(C(=O)NNS(=O)(=O)c2cnn(C(C)C)c2)c2ccccc2c1=O. The lowest BCUT2D eigenvalue weighted by atomic mass is 10.1. The van der Waals surface area contributed by atoms with Crippen LogP contribution in [0, 0.1) is 0 Å². The van der Waals surface area contributed by atoms with Crippen LogP contribution in [0.2, 0.25) is 0 Å². The van der Waals surface area contributed by atoms with E-state index in [0.717, 1.165) is 0 Å². The van der Waals surface area contributed by atoms with Gasteiger partial charge in [-0.2, -0.15) is 10.2 Å². The Morgan fingerprint density at radius 1 is 1.21 bits per heavy atom. The van der Waals surface area contributed by atoms with E-state index < -0.39 is 15.9 Å². The van der Waals surface area contributed by atoms with Crippen LogP contribution in [0.3, 0.4) is 0 Å². The van der Waals surface area contributed by atoms with E-state index in [4.69, 9.17) is 0 Å². The Balaban J connectivity index is 1.90. The van der Waals surface area contributed by atoms with Crippen LogP contribution < -0.4 is 15.8 Å². The van der Waals surface area contributed by atoms with Gasteiger partial charge >= 0.3 is 0 Å². The molecule has 3 aromatic rings. The van der Waals surface area contributed by atoms with Gasteiger partial charge in [-0.3, -0.25) is 19.7 Å². The zero-order valence-electron chi connectivity index (χ0n) is 16.3. The number of hydrogen-bond acceptors (Lipinski definition) is 6. The number of carbonyl (C=O) groups is 1. The zero-order chi connectivity index (χ0) is 21.2. The van der Waals surface area contributed by atoms with Crippen molar-refractivity contribution in [1.29, 1.82) is 0 Å². The summed E-state index contributed by atoms with van der Waals surface area (Å²) in [5.41, 5.74) is 1.81. The minimum Gasteiger partial charge on any atom is -0.272 e. The first kappa shape index (κ1) is 20.7. The van der Waals surface area contributed by atoms with Gasteiger partial charge in [-0.25, -0.2) is 13.1 Å². The van der Waals surface area contributed by atoms with Crippen molar-refractivity contribution in [1.82, 2.24) is 29.8 Å². The van der Waals surface area contributed by atoms with Gasteiger partial charge in [0.25, 0.3) is 21.5 Å². The Kier molecular flexibility index (Phi) is 5.80. The summed E-state index contributed by atoms with van der Waals surface area (Å²) in [4.78, 5) is 27.1. The molecule has 154 valence electrons. The lowest BCUT2D eigenvalue weighted by Crippen LogP contribution is -2.42. The van der Waals surface area contributed by atoms with Crippen molar-refractivity contribution in [3.05, 3.63) is 52.7 Å². The van der Waals surface area contributed by atoms with E-state index in [-0.39, 0.29) is 22.2 Å². The number of aryl methyl sites for hydroxylation is 1. The molecule has 0 fully saturated rings. The van der Waals surface area contributed by atoms with Crippen LogP contribution in [-0.4, -0.2) is 33.9 Å². The molecule has 2 aromatic heterocycles. The van der Waals surface area contributed by atoms with Crippen LogP contribution in [0.4, 0.5) is 0 Å². The Morgan fingerprint density at radius 2 is 1.90 bits per heavy atom. The van der Waals surface area contributed by atoms with Crippen molar-refractivity contribution >= 4 is 26.7 Å². The van der Waals surface area contributed by atoms with Crippen LogP contribution in [-0.2, 0) is 16.6 Å². The average molecular weight is 418 g/mol. The molecule has 0 unspecified atom stereocenters. The molecule has 3 rings (SSSR count). The van der Waals surface area contributed by atoms with E-state index in [2.05, 4.69) is 15.6 Å². The van der Waals surface area contributed by atoms with Gasteiger partial charge in [0.15, 0.2) is 5.69 Å². The molecule has 10 nitrogen and oxygen atoms in total. The molecule has 1 amide bonds. The zero-order valence-corrected chi connectivity index (χ0v) is 17.1. The molecule has 0 aliphatic rings. The Labute approximate surface area is 167 Å². The third kappa shape index (κ3) is 4.20. The Morgan fingerprint density at radius 3 is 2.52 bits per heavy atom. The number of benzene rings is 1. The minimum absolute atomic E-state index is 0.0104. The van der Waals surface area contributed by atoms with Crippen molar-refractivity contribution in [2.75, 3.05) is 0 Å². The summed E-state index contributed by atoms with van der Waals surface area (Å²) in [6.07, 6.45) is 3.22. The molecule has 29 heavy (non-hydrogen) atoms. The van der Waals surface area contributed by atoms with Gasteiger partial charge in [0.2, 0.25) is 0 Å². The third-order valence-electron chi connectivity index (χ3n) is 4.23. The van der Waals surface area contributed by atoms with E-state index in [1.165, 1.54) is 21.8 Å². The predicted molar refractivity (Wildman–Crippen MR) is 107 cm³/mol. The number of sulfonamides is 1. The van der Waals surface area contributed by atoms with Crippen LogP contribution in [0.15, 0.2) is 46.3 Å². The summed E-state index contributed by atoms with van der Waals surface area (Å²) in [5.74, 6) is -0.772. The largest absolute Gasteiger partial charge is 0.287 e. The summed E-state index contributed by atoms with van der Waals surface area (Å²) < 4.78 is 27.6. The number of fused-ring (bicyclic) bond motifs is 1. The second-order valence-corrected chi connectivity index (χ2v) is 8.41. The van der Waals surface area contributed by atoms with Gasteiger partial charge in [-0.05, 0) is 26.3 Å². The molecule has 0 atom stereocenters. The summed E-state index contributed by atoms with van der Waals surface area (Å²) in [6.45, 7) is 5.94. The normalized spacial score (nSPS) is 11.9. The quantitative estimate of drug-likeness (QED) is 0.555. The average Bonchev–Trinajstić information content (AvgIpc) is 3.20. The van der Waals surface area contributed by atoms with Gasteiger partial charge in [-0.1, -0.05) is 25.1 Å². The second kappa shape index (κ2) is 8.13. The van der Waals surface area contributed by atoms with Gasteiger partial charge in [0.05, 0.1) is 11.6 Å². The molecule has 2 N–H and O–H groups in total. The van der Waals surface area contributed by atoms with Crippen LogP contribution in [0.1, 0.15) is 43.7 Å². The van der Waals surface area contributed by atoms with Gasteiger partial charge in [0, 0.05) is 24.2 Å². The van der Waals surface area contributed by atoms with Gasteiger partial charge in [-0.15, -0.1) is 4.83 Å². The van der Waals surface area contributed by atoms with Crippen LogP contribution in [0.25, 0.3) is 10.8 Å². The first-order chi connectivity index (χ1) is 13.7. The van der Waals surface area contributed by atoms with Crippen molar-refractivity contribution in [3.63, 3.8) is 0 Å². The first-order valence-electron chi connectivity index (χ1n) is 9.10. The second-order valence-electron chi connectivity index (χ2n) is 6.73. The highest BCUT2D eigenvalue weighted by molar-refractivity contribution is 7.89. The van der Waals surface area contributed by atoms with E-state index in [1.807, 2.05) is 25.6 Å². The standard InChI is InChI=1S/C18H22N6O4S/c1-4-9-23-18(26)15-8-6-5-7-14(15)16(21-23)17(25)20-22-29(27,28)13-10-19-24(11-13)12(2)3/h5-8,10-12,22H,4,9H2,1-3H3,(H,20,25). The van der Waals surface area contributed by atoms with Crippen molar-refractivity contribution in [2.24, 2.45) is 0 Å². The van der Waals surface area contributed by atoms with E-state index in [9.17, 15) is 18.0 Å². The molecule has 0 bridgehead atoms. The molecule has 0 spiro atoms. The van der Waals surface area contributed by atoms with E-state index in [0.29, 0.717) is 23.7 Å². The molecule has 0 aliphatic carbocycles. The lowest BCUT2D eigenvalue weighted by Gasteiger charge is -2.11. The summed E-state index contributed by atoms with van der Waals surface area (Å²) in [6, 6.07) is 6.55. The summed E-state index contributed by atoms with van der Waals surface area (Å²) >= 11 is 0.